The standard InChI is InChI=1S/C9H8F2O/c10-9(11)4-3-6-1-2-7(12)5-8(6)9/h1-2,5,12H,3-4H2. The third-order valence-electron chi connectivity index (χ3n) is 2.20. The molecular weight excluding hydrogens is 162 g/mol. The molecule has 0 saturated heterocycles. The third-order valence-corrected chi connectivity index (χ3v) is 2.20. The fourth-order valence-electron chi connectivity index (χ4n) is 1.55. The summed E-state index contributed by atoms with van der Waals surface area (Å²) in [5.41, 5.74) is 0.639. The molecule has 1 nitrogen and oxygen atoms in total. The normalized spacial score (nSPS) is 19.2. The van der Waals surface area contributed by atoms with Gasteiger partial charge in [-0.15, -0.1) is 0 Å². The Labute approximate surface area is 68.6 Å². The van der Waals surface area contributed by atoms with E-state index in [2.05, 4.69) is 0 Å². The minimum atomic E-state index is -2.74. The van der Waals surface area contributed by atoms with E-state index in [1.807, 2.05) is 0 Å². The molecule has 1 aliphatic carbocycles. The lowest BCUT2D eigenvalue weighted by Gasteiger charge is -2.09. The second-order valence-electron chi connectivity index (χ2n) is 3.05. The van der Waals surface area contributed by atoms with E-state index in [0.29, 0.717) is 12.0 Å². The maximum atomic E-state index is 13.0. The Balaban J connectivity index is 2.57. The first-order valence-corrected chi connectivity index (χ1v) is 3.80. The van der Waals surface area contributed by atoms with Gasteiger partial charge in [0.15, 0.2) is 0 Å². The molecule has 64 valence electrons. The fraction of sp³-hybridized carbons (Fsp3) is 0.333. The summed E-state index contributed by atoms with van der Waals surface area (Å²) in [4.78, 5) is 0. The molecule has 0 spiro atoms. The van der Waals surface area contributed by atoms with Crippen LogP contribution in [-0.2, 0) is 12.3 Å². The monoisotopic (exact) mass is 170 g/mol. The number of halogens is 2. The molecule has 0 bridgehead atoms. The van der Waals surface area contributed by atoms with Crippen molar-refractivity contribution >= 4 is 0 Å². The summed E-state index contributed by atoms with van der Waals surface area (Å²) in [5.74, 6) is -2.83. The van der Waals surface area contributed by atoms with E-state index < -0.39 is 5.92 Å². The minimum absolute atomic E-state index is 0.0116. The number of hydrogen-bond donors (Lipinski definition) is 1. The molecule has 12 heavy (non-hydrogen) atoms. The van der Waals surface area contributed by atoms with Crippen molar-refractivity contribution in [2.24, 2.45) is 0 Å². The Morgan fingerprint density at radius 1 is 1.33 bits per heavy atom. The molecule has 1 aromatic rings. The quantitative estimate of drug-likeness (QED) is 0.634. The molecule has 0 saturated carbocycles. The van der Waals surface area contributed by atoms with Crippen LogP contribution >= 0.6 is 0 Å². The summed E-state index contributed by atoms with van der Waals surface area (Å²) in [6.07, 6.45) is 0.272. The molecule has 0 aliphatic heterocycles. The highest BCUT2D eigenvalue weighted by molar-refractivity contribution is 5.40. The highest BCUT2D eigenvalue weighted by atomic mass is 19.3. The zero-order chi connectivity index (χ0) is 8.77. The van der Waals surface area contributed by atoms with Gasteiger partial charge in [0.25, 0.3) is 5.92 Å². The predicted octanol–water partition coefficient (Wildman–Crippen LogP) is 2.43. The van der Waals surface area contributed by atoms with Gasteiger partial charge in [-0.25, -0.2) is 8.78 Å². The highest BCUT2D eigenvalue weighted by Crippen LogP contribution is 2.42. The topological polar surface area (TPSA) is 20.2 Å². The van der Waals surface area contributed by atoms with Gasteiger partial charge in [-0.1, -0.05) is 6.07 Å². The summed E-state index contributed by atoms with van der Waals surface area (Å²) >= 11 is 0. The highest BCUT2D eigenvalue weighted by Gasteiger charge is 2.38. The molecule has 1 aliphatic rings. The first-order chi connectivity index (χ1) is 5.59. The van der Waals surface area contributed by atoms with Gasteiger partial charge in [0.05, 0.1) is 0 Å². The second kappa shape index (κ2) is 2.19. The molecule has 3 heteroatoms. The number of aryl methyl sites for hydroxylation is 1. The maximum absolute atomic E-state index is 13.0. The number of fused-ring (bicyclic) bond motifs is 1. The Bertz CT molecular complexity index is 320. The first kappa shape index (κ1) is 7.53. The van der Waals surface area contributed by atoms with Crippen LogP contribution < -0.4 is 0 Å². The molecule has 0 unspecified atom stereocenters. The van der Waals surface area contributed by atoms with Crippen LogP contribution in [0.1, 0.15) is 17.5 Å². The number of hydrogen-bond acceptors (Lipinski definition) is 1. The lowest BCUT2D eigenvalue weighted by Crippen LogP contribution is -2.06. The lowest BCUT2D eigenvalue weighted by atomic mass is 10.1. The number of rotatable bonds is 0. The molecule has 0 heterocycles. The first-order valence-electron chi connectivity index (χ1n) is 3.80. The van der Waals surface area contributed by atoms with Gasteiger partial charge in [-0.05, 0) is 24.1 Å². The van der Waals surface area contributed by atoms with Gasteiger partial charge in [-0.3, -0.25) is 0 Å². The van der Waals surface area contributed by atoms with Crippen molar-refractivity contribution in [2.75, 3.05) is 0 Å². The number of phenolic OH excluding ortho intramolecular Hbond substituents is 1. The summed E-state index contributed by atoms with van der Waals surface area (Å²) in [5, 5.41) is 9.00. The summed E-state index contributed by atoms with van der Waals surface area (Å²) in [6.45, 7) is 0. The van der Waals surface area contributed by atoms with E-state index in [1.54, 1.807) is 6.07 Å². The van der Waals surface area contributed by atoms with Gasteiger partial charge < -0.3 is 5.11 Å². The molecule has 1 aromatic carbocycles. The number of aromatic hydroxyl groups is 1. The third kappa shape index (κ3) is 0.967. The average Bonchev–Trinajstić information content (AvgIpc) is 2.28. The molecule has 0 amide bonds. The average molecular weight is 170 g/mol. The number of phenols is 1. The van der Waals surface area contributed by atoms with Crippen molar-refractivity contribution < 1.29 is 13.9 Å². The van der Waals surface area contributed by atoms with E-state index in [1.165, 1.54) is 6.07 Å². The largest absolute Gasteiger partial charge is 0.508 e. The van der Waals surface area contributed by atoms with Crippen LogP contribution in [0.25, 0.3) is 0 Å². The maximum Gasteiger partial charge on any atom is 0.273 e. The van der Waals surface area contributed by atoms with E-state index in [-0.39, 0.29) is 17.7 Å². The molecule has 0 radical (unpaired) electrons. The summed E-state index contributed by atoms with van der Waals surface area (Å²) in [6, 6.07) is 4.16. The van der Waals surface area contributed by atoms with Crippen molar-refractivity contribution in [1.29, 1.82) is 0 Å². The van der Waals surface area contributed by atoms with Crippen LogP contribution in [0.4, 0.5) is 8.78 Å². The van der Waals surface area contributed by atoms with Gasteiger partial charge in [0.1, 0.15) is 5.75 Å². The lowest BCUT2D eigenvalue weighted by molar-refractivity contribution is -0.00200. The molecule has 2 rings (SSSR count). The Kier molecular flexibility index (Phi) is 1.37. The molecule has 0 atom stereocenters. The van der Waals surface area contributed by atoms with Gasteiger partial charge in [0.2, 0.25) is 0 Å². The SMILES string of the molecule is Oc1ccc2c(c1)C(F)(F)CC2. The van der Waals surface area contributed by atoms with E-state index in [4.69, 9.17) is 5.11 Å². The van der Waals surface area contributed by atoms with Crippen molar-refractivity contribution in [3.05, 3.63) is 29.3 Å². The van der Waals surface area contributed by atoms with Crippen LogP contribution in [-0.4, -0.2) is 5.11 Å². The van der Waals surface area contributed by atoms with Crippen LogP contribution in [0, 0.1) is 0 Å². The van der Waals surface area contributed by atoms with Gasteiger partial charge >= 0.3 is 0 Å². The van der Waals surface area contributed by atoms with Gasteiger partial charge in [0, 0.05) is 12.0 Å². The smallest absolute Gasteiger partial charge is 0.273 e. The fourth-order valence-corrected chi connectivity index (χ4v) is 1.55. The van der Waals surface area contributed by atoms with Crippen LogP contribution in [0.15, 0.2) is 18.2 Å². The number of alkyl halides is 2. The Hall–Kier alpha value is -1.12. The molecule has 1 N–H and O–H groups in total. The zero-order valence-corrected chi connectivity index (χ0v) is 6.35. The van der Waals surface area contributed by atoms with Crippen molar-refractivity contribution in [3.63, 3.8) is 0 Å². The Morgan fingerprint density at radius 3 is 2.83 bits per heavy atom. The molecule has 0 aromatic heterocycles. The van der Waals surface area contributed by atoms with Crippen molar-refractivity contribution in [2.45, 2.75) is 18.8 Å². The van der Waals surface area contributed by atoms with Crippen molar-refractivity contribution in [3.8, 4) is 5.75 Å². The molecule has 0 fully saturated rings. The molecular formula is C9H8F2O. The second-order valence-corrected chi connectivity index (χ2v) is 3.05. The summed E-state index contributed by atoms with van der Waals surface area (Å²) < 4.78 is 26.0. The van der Waals surface area contributed by atoms with E-state index in [9.17, 15) is 8.78 Å². The minimum Gasteiger partial charge on any atom is -0.508 e. The zero-order valence-electron chi connectivity index (χ0n) is 6.35. The predicted molar refractivity (Wildman–Crippen MR) is 40.3 cm³/mol. The van der Waals surface area contributed by atoms with E-state index in [0.717, 1.165) is 6.07 Å². The van der Waals surface area contributed by atoms with Crippen LogP contribution in [0.3, 0.4) is 0 Å². The van der Waals surface area contributed by atoms with Crippen LogP contribution in [0.5, 0.6) is 5.75 Å². The number of benzene rings is 1. The van der Waals surface area contributed by atoms with E-state index >= 15 is 0 Å². The Morgan fingerprint density at radius 2 is 2.08 bits per heavy atom. The van der Waals surface area contributed by atoms with Gasteiger partial charge in [-0.2, -0.15) is 0 Å². The summed E-state index contributed by atoms with van der Waals surface area (Å²) in [7, 11) is 0. The van der Waals surface area contributed by atoms with Crippen molar-refractivity contribution in [1.82, 2.24) is 0 Å². The van der Waals surface area contributed by atoms with Crippen LogP contribution in [0.2, 0.25) is 0 Å².